The Labute approximate surface area is 113 Å². The van der Waals surface area contributed by atoms with Crippen LogP contribution >= 0.6 is 48.6 Å². The number of nitrogens with one attached hydrogen (secondary N) is 1. The molecule has 1 N–H and O–H groups in total. The van der Waals surface area contributed by atoms with Crippen molar-refractivity contribution in [3.05, 3.63) is 16.6 Å². The van der Waals surface area contributed by atoms with E-state index in [4.69, 9.17) is 0 Å². The fourth-order valence-corrected chi connectivity index (χ4v) is 2.05. The molecule has 1 aromatic rings. The summed E-state index contributed by atoms with van der Waals surface area (Å²) in [5, 5.41) is 3.34. The molecule has 0 saturated carbocycles. The molecule has 7 heteroatoms. The van der Waals surface area contributed by atoms with Gasteiger partial charge in [0.05, 0.1) is 5.51 Å². The van der Waals surface area contributed by atoms with E-state index in [1.165, 1.54) is 4.88 Å². The summed E-state index contributed by atoms with van der Waals surface area (Å²) in [5.74, 6) is 0. The van der Waals surface area contributed by atoms with Crippen LogP contribution in [0.5, 0.6) is 0 Å². The van der Waals surface area contributed by atoms with Crippen molar-refractivity contribution in [2.45, 2.75) is 6.54 Å². The van der Waals surface area contributed by atoms with E-state index >= 15 is 0 Å². The Kier molecular flexibility index (Phi) is 11.4. The van der Waals surface area contributed by atoms with E-state index in [1.807, 2.05) is 11.7 Å². The van der Waals surface area contributed by atoms with E-state index in [0.717, 1.165) is 32.7 Å². The van der Waals surface area contributed by atoms with Crippen molar-refractivity contribution in [2.75, 3.05) is 26.2 Å². The van der Waals surface area contributed by atoms with Crippen LogP contribution in [0.4, 0.5) is 0 Å². The van der Waals surface area contributed by atoms with Crippen molar-refractivity contribution in [3.8, 4) is 0 Å². The van der Waals surface area contributed by atoms with Crippen LogP contribution in [0.3, 0.4) is 0 Å². The van der Waals surface area contributed by atoms with Gasteiger partial charge in [0.15, 0.2) is 0 Å². The first-order valence-electron chi connectivity index (χ1n) is 4.25. The lowest BCUT2D eigenvalue weighted by atomic mass is 10.3. The van der Waals surface area contributed by atoms with Crippen molar-refractivity contribution < 1.29 is 0 Å². The summed E-state index contributed by atoms with van der Waals surface area (Å²) in [6.45, 7) is 5.65. The SMILES string of the molecule is Cl.Cl.Cl.c1ncc(CN2CCNCC2)s1. The third kappa shape index (κ3) is 5.90. The summed E-state index contributed by atoms with van der Waals surface area (Å²) in [6.07, 6.45) is 1.96. The van der Waals surface area contributed by atoms with Crippen LogP contribution in [0.2, 0.25) is 0 Å². The minimum Gasteiger partial charge on any atom is -0.314 e. The molecule has 0 spiro atoms. The standard InChI is InChI=1S/C8H13N3S.3ClH/c1-3-11(4-2-9-1)6-8-5-10-7-12-8;;;/h5,7,9H,1-4,6H2;3*1H. The van der Waals surface area contributed by atoms with Gasteiger partial charge in [-0.1, -0.05) is 0 Å². The van der Waals surface area contributed by atoms with E-state index in [1.54, 1.807) is 11.3 Å². The average molecular weight is 293 g/mol. The van der Waals surface area contributed by atoms with Crippen molar-refractivity contribution in [3.63, 3.8) is 0 Å². The number of halogens is 3. The molecule has 1 aliphatic heterocycles. The van der Waals surface area contributed by atoms with Gasteiger partial charge in [0, 0.05) is 43.8 Å². The summed E-state index contributed by atoms with van der Waals surface area (Å²) < 4.78 is 0. The highest BCUT2D eigenvalue weighted by atomic mass is 35.5. The van der Waals surface area contributed by atoms with Gasteiger partial charge in [-0.3, -0.25) is 9.88 Å². The van der Waals surface area contributed by atoms with Gasteiger partial charge in [-0.15, -0.1) is 48.6 Å². The molecule has 0 amide bonds. The van der Waals surface area contributed by atoms with Crippen molar-refractivity contribution in [1.82, 2.24) is 15.2 Å². The van der Waals surface area contributed by atoms with E-state index < -0.39 is 0 Å². The summed E-state index contributed by atoms with van der Waals surface area (Å²) >= 11 is 1.74. The maximum Gasteiger partial charge on any atom is 0.0794 e. The normalized spacial score (nSPS) is 15.7. The van der Waals surface area contributed by atoms with Gasteiger partial charge in [-0.25, -0.2) is 0 Å². The Morgan fingerprint density at radius 3 is 2.47 bits per heavy atom. The molecule has 2 rings (SSSR count). The molecule has 15 heavy (non-hydrogen) atoms. The third-order valence-electron chi connectivity index (χ3n) is 2.07. The molecular weight excluding hydrogens is 277 g/mol. The first-order valence-corrected chi connectivity index (χ1v) is 5.13. The van der Waals surface area contributed by atoms with Crippen LogP contribution in [-0.4, -0.2) is 36.1 Å². The largest absolute Gasteiger partial charge is 0.314 e. The molecule has 1 fully saturated rings. The van der Waals surface area contributed by atoms with Crippen LogP contribution in [-0.2, 0) is 6.54 Å². The number of nitrogens with zero attached hydrogens (tertiary/aromatic N) is 2. The molecule has 0 aliphatic carbocycles. The van der Waals surface area contributed by atoms with Crippen LogP contribution in [0, 0.1) is 0 Å². The maximum atomic E-state index is 4.06. The smallest absolute Gasteiger partial charge is 0.0794 e. The maximum absolute atomic E-state index is 4.06. The Morgan fingerprint density at radius 2 is 1.93 bits per heavy atom. The van der Waals surface area contributed by atoms with Crippen LogP contribution in [0.15, 0.2) is 11.7 Å². The van der Waals surface area contributed by atoms with Crippen LogP contribution in [0.1, 0.15) is 4.88 Å². The molecule has 0 atom stereocenters. The van der Waals surface area contributed by atoms with Gasteiger partial charge in [-0.05, 0) is 0 Å². The van der Waals surface area contributed by atoms with Gasteiger partial charge in [0.2, 0.25) is 0 Å². The van der Waals surface area contributed by atoms with Crippen molar-refractivity contribution in [1.29, 1.82) is 0 Å². The quantitative estimate of drug-likeness (QED) is 0.901. The average Bonchev–Trinajstić information content (AvgIpc) is 2.59. The van der Waals surface area contributed by atoms with Crippen LogP contribution in [0.25, 0.3) is 0 Å². The molecule has 1 aliphatic rings. The first kappa shape index (κ1) is 17.8. The van der Waals surface area contributed by atoms with Gasteiger partial charge in [-0.2, -0.15) is 0 Å². The van der Waals surface area contributed by atoms with E-state index in [-0.39, 0.29) is 37.2 Å². The monoisotopic (exact) mass is 291 g/mol. The summed E-state index contributed by atoms with van der Waals surface area (Å²) in [4.78, 5) is 7.90. The summed E-state index contributed by atoms with van der Waals surface area (Å²) in [7, 11) is 0. The zero-order chi connectivity index (χ0) is 8.23. The number of aromatic nitrogens is 1. The second-order valence-electron chi connectivity index (χ2n) is 2.99. The number of piperazine rings is 1. The fraction of sp³-hybridized carbons (Fsp3) is 0.625. The van der Waals surface area contributed by atoms with E-state index in [2.05, 4.69) is 15.2 Å². The predicted molar refractivity (Wildman–Crippen MR) is 72.0 cm³/mol. The predicted octanol–water partition coefficient (Wildman–Crippen LogP) is 1.81. The molecule has 2 heterocycles. The number of hydrogen-bond donors (Lipinski definition) is 1. The molecule has 0 radical (unpaired) electrons. The molecular formula is C8H16Cl3N3S. The molecule has 0 bridgehead atoms. The Hall–Kier alpha value is 0.420. The molecule has 3 nitrogen and oxygen atoms in total. The minimum atomic E-state index is 0. The number of thiazole rings is 1. The van der Waals surface area contributed by atoms with Gasteiger partial charge in [0.1, 0.15) is 0 Å². The summed E-state index contributed by atoms with van der Waals surface area (Å²) in [5.41, 5.74) is 1.90. The Balaban J connectivity index is 0. The van der Waals surface area contributed by atoms with E-state index in [0.29, 0.717) is 0 Å². The zero-order valence-electron chi connectivity index (χ0n) is 8.22. The molecule has 1 saturated heterocycles. The Morgan fingerprint density at radius 1 is 1.27 bits per heavy atom. The Bertz CT molecular complexity index is 227. The third-order valence-corrected chi connectivity index (χ3v) is 2.84. The molecule has 0 unspecified atom stereocenters. The van der Waals surface area contributed by atoms with Crippen LogP contribution < -0.4 is 5.32 Å². The van der Waals surface area contributed by atoms with Crippen molar-refractivity contribution >= 4 is 48.6 Å². The lowest BCUT2D eigenvalue weighted by Crippen LogP contribution is -2.42. The molecule has 0 aromatic carbocycles. The second kappa shape index (κ2) is 9.63. The first-order chi connectivity index (χ1) is 5.95. The summed E-state index contributed by atoms with van der Waals surface area (Å²) in [6, 6.07) is 0. The lowest BCUT2D eigenvalue weighted by Gasteiger charge is -2.26. The number of hydrogen-bond acceptors (Lipinski definition) is 4. The second-order valence-corrected chi connectivity index (χ2v) is 3.96. The van der Waals surface area contributed by atoms with Gasteiger partial charge < -0.3 is 5.32 Å². The van der Waals surface area contributed by atoms with Gasteiger partial charge >= 0.3 is 0 Å². The highest BCUT2D eigenvalue weighted by Crippen LogP contribution is 2.09. The minimum absolute atomic E-state index is 0. The lowest BCUT2D eigenvalue weighted by molar-refractivity contribution is 0.235. The van der Waals surface area contributed by atoms with E-state index in [9.17, 15) is 0 Å². The highest BCUT2D eigenvalue weighted by Gasteiger charge is 2.09. The molecule has 90 valence electrons. The number of rotatable bonds is 2. The molecule has 1 aromatic heterocycles. The zero-order valence-corrected chi connectivity index (χ0v) is 11.5. The van der Waals surface area contributed by atoms with Crippen molar-refractivity contribution in [2.24, 2.45) is 0 Å². The topological polar surface area (TPSA) is 28.2 Å². The highest BCUT2D eigenvalue weighted by molar-refractivity contribution is 7.09. The fourth-order valence-electron chi connectivity index (χ4n) is 1.41. The van der Waals surface area contributed by atoms with Gasteiger partial charge in [0.25, 0.3) is 0 Å².